The molecule has 0 spiro atoms. The molecule has 0 bridgehead atoms. The van der Waals surface area contributed by atoms with Gasteiger partial charge in [-0.1, -0.05) is 32.0 Å². The molecule has 2 amide bonds. The van der Waals surface area contributed by atoms with Gasteiger partial charge in [-0.25, -0.2) is 0 Å². The number of benzene rings is 2. The number of rotatable bonds is 6. The lowest BCUT2D eigenvalue weighted by molar-refractivity contribution is -0.134. The number of hydrogen-bond acceptors (Lipinski definition) is 3. The highest BCUT2D eigenvalue weighted by atomic mass is 16.5. The van der Waals surface area contributed by atoms with E-state index >= 15 is 0 Å². The zero-order chi connectivity index (χ0) is 21.1. The highest BCUT2D eigenvalue weighted by Crippen LogP contribution is 2.32. The predicted octanol–water partition coefficient (Wildman–Crippen LogP) is 4.84. The first-order chi connectivity index (χ1) is 14.5. The van der Waals surface area contributed by atoms with Crippen LogP contribution in [0.4, 0.5) is 5.69 Å². The van der Waals surface area contributed by atoms with Crippen LogP contribution in [0.2, 0.25) is 0 Å². The standard InChI is InChI=1S/C25H30N2O3/c1-17(2)18-8-10-21(11-9-18)26-24(28)20-4-3-5-23(16-20)30-22-12-14-27(15-13-22)25(29)19-6-7-19/h3-5,8-11,16-17,19,22H,6-7,12-15H2,1-2H3,(H,26,28). The first-order valence-electron chi connectivity index (χ1n) is 11.0. The van der Waals surface area contributed by atoms with E-state index < -0.39 is 0 Å². The van der Waals surface area contributed by atoms with Crippen LogP contribution in [-0.2, 0) is 4.79 Å². The third-order valence-electron chi connectivity index (χ3n) is 5.91. The fourth-order valence-corrected chi connectivity index (χ4v) is 3.84. The van der Waals surface area contributed by atoms with Crippen LogP contribution in [0.3, 0.4) is 0 Å². The molecule has 0 radical (unpaired) electrons. The van der Waals surface area contributed by atoms with Crippen LogP contribution in [-0.4, -0.2) is 35.9 Å². The molecule has 4 rings (SSSR count). The van der Waals surface area contributed by atoms with Gasteiger partial charge in [0, 0.05) is 43.1 Å². The highest BCUT2D eigenvalue weighted by molar-refractivity contribution is 6.04. The van der Waals surface area contributed by atoms with Crippen LogP contribution >= 0.6 is 0 Å². The van der Waals surface area contributed by atoms with Crippen molar-refractivity contribution in [2.24, 2.45) is 5.92 Å². The van der Waals surface area contributed by atoms with Gasteiger partial charge < -0.3 is 15.0 Å². The summed E-state index contributed by atoms with van der Waals surface area (Å²) in [6, 6.07) is 15.3. The van der Waals surface area contributed by atoms with Crippen molar-refractivity contribution in [1.82, 2.24) is 4.90 Å². The second-order valence-electron chi connectivity index (χ2n) is 8.68. The van der Waals surface area contributed by atoms with Crippen molar-refractivity contribution in [3.63, 3.8) is 0 Å². The van der Waals surface area contributed by atoms with Crippen molar-refractivity contribution < 1.29 is 14.3 Å². The number of ether oxygens (including phenoxy) is 1. The Morgan fingerprint density at radius 1 is 1.00 bits per heavy atom. The number of hydrogen-bond donors (Lipinski definition) is 1. The Morgan fingerprint density at radius 3 is 2.33 bits per heavy atom. The van der Waals surface area contributed by atoms with Gasteiger partial charge in [-0.3, -0.25) is 9.59 Å². The van der Waals surface area contributed by atoms with Gasteiger partial charge in [0.05, 0.1) is 0 Å². The summed E-state index contributed by atoms with van der Waals surface area (Å²) in [6.07, 6.45) is 3.83. The number of carbonyl (C=O) groups excluding carboxylic acids is 2. The Balaban J connectivity index is 1.32. The molecule has 0 atom stereocenters. The van der Waals surface area contributed by atoms with Crippen molar-refractivity contribution in [1.29, 1.82) is 0 Å². The summed E-state index contributed by atoms with van der Waals surface area (Å²) in [6.45, 7) is 5.81. The average Bonchev–Trinajstić information content (AvgIpc) is 3.60. The summed E-state index contributed by atoms with van der Waals surface area (Å²) in [5.74, 6) is 1.60. The highest BCUT2D eigenvalue weighted by Gasteiger charge is 2.35. The van der Waals surface area contributed by atoms with Crippen LogP contribution < -0.4 is 10.1 Å². The summed E-state index contributed by atoms with van der Waals surface area (Å²) in [5.41, 5.74) is 2.60. The molecule has 1 heterocycles. The maximum Gasteiger partial charge on any atom is 0.255 e. The zero-order valence-electron chi connectivity index (χ0n) is 17.8. The maximum absolute atomic E-state index is 12.7. The van der Waals surface area contributed by atoms with Gasteiger partial charge in [-0.2, -0.15) is 0 Å². The molecule has 158 valence electrons. The van der Waals surface area contributed by atoms with E-state index in [0.29, 0.717) is 23.1 Å². The number of amides is 2. The number of piperidine rings is 1. The quantitative estimate of drug-likeness (QED) is 0.747. The van der Waals surface area contributed by atoms with E-state index in [1.54, 1.807) is 12.1 Å². The molecule has 1 saturated heterocycles. The lowest BCUT2D eigenvalue weighted by Crippen LogP contribution is -2.42. The molecule has 2 aromatic carbocycles. The summed E-state index contributed by atoms with van der Waals surface area (Å²) in [7, 11) is 0. The molecule has 1 aliphatic heterocycles. The predicted molar refractivity (Wildman–Crippen MR) is 118 cm³/mol. The molecule has 2 aromatic rings. The smallest absolute Gasteiger partial charge is 0.255 e. The lowest BCUT2D eigenvalue weighted by atomic mass is 10.0. The zero-order valence-corrected chi connectivity index (χ0v) is 17.8. The molecular weight excluding hydrogens is 376 g/mol. The van der Waals surface area contributed by atoms with Gasteiger partial charge in [-0.05, 0) is 54.7 Å². The summed E-state index contributed by atoms with van der Waals surface area (Å²) in [4.78, 5) is 26.8. The number of nitrogens with one attached hydrogen (secondary N) is 1. The molecule has 1 saturated carbocycles. The first kappa shape index (κ1) is 20.5. The largest absolute Gasteiger partial charge is 0.490 e. The van der Waals surface area contributed by atoms with Crippen molar-refractivity contribution >= 4 is 17.5 Å². The fraction of sp³-hybridized carbons (Fsp3) is 0.440. The van der Waals surface area contributed by atoms with Crippen LogP contribution in [0.15, 0.2) is 48.5 Å². The molecular formula is C25H30N2O3. The number of nitrogens with zero attached hydrogens (tertiary/aromatic N) is 1. The van der Waals surface area contributed by atoms with Crippen molar-refractivity contribution in [2.75, 3.05) is 18.4 Å². The van der Waals surface area contributed by atoms with Gasteiger partial charge >= 0.3 is 0 Å². The van der Waals surface area contributed by atoms with Gasteiger partial charge in [-0.15, -0.1) is 0 Å². The van der Waals surface area contributed by atoms with E-state index in [2.05, 4.69) is 19.2 Å². The van der Waals surface area contributed by atoms with E-state index in [1.807, 2.05) is 41.3 Å². The Morgan fingerprint density at radius 2 is 1.70 bits per heavy atom. The van der Waals surface area contributed by atoms with Crippen molar-refractivity contribution in [3.05, 3.63) is 59.7 Å². The van der Waals surface area contributed by atoms with E-state index in [9.17, 15) is 9.59 Å². The SMILES string of the molecule is CC(C)c1ccc(NC(=O)c2cccc(OC3CCN(C(=O)C4CC4)CC3)c2)cc1. The molecule has 5 nitrogen and oxygen atoms in total. The number of carbonyl (C=O) groups is 2. The molecule has 5 heteroatoms. The van der Waals surface area contributed by atoms with E-state index in [4.69, 9.17) is 4.74 Å². The number of likely N-dealkylation sites (tertiary alicyclic amines) is 1. The van der Waals surface area contributed by atoms with Crippen LogP contribution in [0.25, 0.3) is 0 Å². The summed E-state index contributed by atoms with van der Waals surface area (Å²) in [5, 5.41) is 2.95. The molecule has 2 fully saturated rings. The third-order valence-corrected chi connectivity index (χ3v) is 5.91. The topological polar surface area (TPSA) is 58.6 Å². The molecule has 0 unspecified atom stereocenters. The van der Waals surface area contributed by atoms with E-state index in [0.717, 1.165) is 44.5 Å². The third kappa shape index (κ3) is 5.02. The van der Waals surface area contributed by atoms with E-state index in [1.165, 1.54) is 5.56 Å². The minimum Gasteiger partial charge on any atom is -0.490 e. The Hall–Kier alpha value is -2.82. The second-order valence-corrected chi connectivity index (χ2v) is 8.68. The normalized spacial score (nSPS) is 17.1. The minimum atomic E-state index is -0.150. The molecule has 1 aliphatic carbocycles. The Bertz CT molecular complexity index is 895. The first-order valence-corrected chi connectivity index (χ1v) is 11.0. The fourth-order valence-electron chi connectivity index (χ4n) is 3.84. The molecule has 1 N–H and O–H groups in total. The van der Waals surface area contributed by atoms with Crippen LogP contribution in [0.5, 0.6) is 5.75 Å². The summed E-state index contributed by atoms with van der Waals surface area (Å²) < 4.78 is 6.12. The van der Waals surface area contributed by atoms with Gasteiger partial charge in [0.2, 0.25) is 5.91 Å². The average molecular weight is 407 g/mol. The van der Waals surface area contributed by atoms with Crippen LogP contribution in [0.1, 0.15) is 61.4 Å². The molecule has 2 aliphatic rings. The molecule has 0 aromatic heterocycles. The lowest BCUT2D eigenvalue weighted by Gasteiger charge is -2.32. The maximum atomic E-state index is 12.7. The van der Waals surface area contributed by atoms with Crippen molar-refractivity contribution in [2.45, 2.75) is 51.6 Å². The Labute approximate surface area is 178 Å². The van der Waals surface area contributed by atoms with E-state index in [-0.39, 0.29) is 17.9 Å². The Kier molecular flexibility index (Phi) is 6.07. The van der Waals surface area contributed by atoms with Crippen LogP contribution in [0, 0.1) is 5.92 Å². The number of anilines is 1. The summed E-state index contributed by atoms with van der Waals surface area (Å²) >= 11 is 0. The monoisotopic (exact) mass is 406 g/mol. The molecule has 30 heavy (non-hydrogen) atoms. The van der Waals surface area contributed by atoms with Gasteiger partial charge in [0.1, 0.15) is 11.9 Å². The second kappa shape index (κ2) is 8.90. The minimum absolute atomic E-state index is 0.0788. The van der Waals surface area contributed by atoms with Gasteiger partial charge in [0.25, 0.3) is 5.91 Å². The van der Waals surface area contributed by atoms with Crippen molar-refractivity contribution in [3.8, 4) is 5.75 Å². The van der Waals surface area contributed by atoms with Gasteiger partial charge in [0.15, 0.2) is 0 Å².